The Morgan fingerprint density at radius 2 is 1.87 bits per heavy atom. The summed E-state index contributed by atoms with van der Waals surface area (Å²) in [6.07, 6.45) is 4.41. The third kappa shape index (κ3) is 4.12. The van der Waals surface area contributed by atoms with Crippen LogP contribution in [0.15, 0.2) is 23.1 Å². The Bertz CT molecular complexity index is 639. The van der Waals surface area contributed by atoms with Crippen molar-refractivity contribution in [2.75, 3.05) is 32.8 Å². The van der Waals surface area contributed by atoms with Gasteiger partial charge in [0.15, 0.2) is 0 Å². The minimum atomic E-state index is -3.44. The largest absolute Gasteiger partial charge is 0.379 e. The van der Waals surface area contributed by atoms with E-state index in [0.717, 1.165) is 45.6 Å². The van der Waals surface area contributed by atoms with E-state index in [2.05, 4.69) is 16.5 Å². The van der Waals surface area contributed by atoms with Gasteiger partial charge in [0.05, 0.1) is 18.1 Å². The number of aryl methyl sites for hydroxylation is 2. The summed E-state index contributed by atoms with van der Waals surface area (Å²) >= 11 is 0. The monoisotopic (exact) mass is 338 g/mol. The maximum atomic E-state index is 12.6. The van der Waals surface area contributed by atoms with Crippen LogP contribution in [0.1, 0.15) is 30.9 Å². The maximum absolute atomic E-state index is 12.6. The van der Waals surface area contributed by atoms with Gasteiger partial charge < -0.3 is 4.74 Å². The number of benzene rings is 1. The number of sulfonamides is 1. The molecule has 1 aromatic rings. The van der Waals surface area contributed by atoms with Crippen molar-refractivity contribution in [3.63, 3.8) is 0 Å². The van der Waals surface area contributed by atoms with E-state index < -0.39 is 10.0 Å². The Morgan fingerprint density at radius 3 is 2.61 bits per heavy atom. The fourth-order valence-electron chi connectivity index (χ4n) is 3.34. The zero-order valence-corrected chi connectivity index (χ0v) is 14.6. The molecule has 1 aromatic carbocycles. The minimum absolute atomic E-state index is 0.173. The number of morpholine rings is 1. The smallest absolute Gasteiger partial charge is 0.240 e. The van der Waals surface area contributed by atoms with Gasteiger partial charge in [-0.1, -0.05) is 6.07 Å². The van der Waals surface area contributed by atoms with Crippen LogP contribution in [-0.2, 0) is 27.6 Å². The number of ether oxygens (including phenoxy) is 1. The van der Waals surface area contributed by atoms with Crippen LogP contribution in [-0.4, -0.2) is 52.2 Å². The van der Waals surface area contributed by atoms with Crippen molar-refractivity contribution >= 4 is 10.0 Å². The number of nitrogens with zero attached hydrogens (tertiary/aromatic N) is 1. The highest BCUT2D eigenvalue weighted by molar-refractivity contribution is 7.89. The molecule has 0 unspecified atom stereocenters. The molecule has 1 fully saturated rings. The van der Waals surface area contributed by atoms with Gasteiger partial charge in [0.25, 0.3) is 0 Å². The SMILES string of the molecule is C[C@@H](CNS(=O)(=O)c1ccc2c(c1)CCCC2)N1CCOCC1. The van der Waals surface area contributed by atoms with Crippen LogP contribution < -0.4 is 4.72 Å². The Hall–Kier alpha value is -0.950. The fraction of sp³-hybridized carbons (Fsp3) is 0.647. The molecule has 1 heterocycles. The van der Waals surface area contributed by atoms with Gasteiger partial charge in [-0.3, -0.25) is 4.90 Å². The molecule has 3 rings (SSSR count). The first kappa shape index (κ1) is 16.9. The van der Waals surface area contributed by atoms with E-state index in [0.29, 0.717) is 11.4 Å². The summed E-state index contributed by atoms with van der Waals surface area (Å²) in [6.45, 7) is 5.66. The maximum Gasteiger partial charge on any atom is 0.240 e. The minimum Gasteiger partial charge on any atom is -0.379 e. The standard InChI is InChI=1S/C17H26N2O3S/c1-14(19-8-10-22-11-9-19)13-18-23(20,21)17-7-6-15-4-2-3-5-16(15)12-17/h6-7,12,14,18H,2-5,8-11,13H2,1H3/t14-/m0/s1. The van der Waals surface area contributed by atoms with Gasteiger partial charge in [0.1, 0.15) is 0 Å². The highest BCUT2D eigenvalue weighted by Gasteiger charge is 2.21. The molecule has 1 aliphatic carbocycles. The average molecular weight is 338 g/mol. The van der Waals surface area contributed by atoms with E-state index in [1.807, 2.05) is 12.1 Å². The average Bonchev–Trinajstić information content (AvgIpc) is 2.60. The zero-order valence-electron chi connectivity index (χ0n) is 13.8. The van der Waals surface area contributed by atoms with Crippen LogP contribution in [0.5, 0.6) is 0 Å². The van der Waals surface area contributed by atoms with Crippen LogP contribution in [0.4, 0.5) is 0 Å². The summed E-state index contributed by atoms with van der Waals surface area (Å²) in [4.78, 5) is 2.66. The highest BCUT2D eigenvalue weighted by Crippen LogP contribution is 2.24. The van der Waals surface area contributed by atoms with Gasteiger partial charge >= 0.3 is 0 Å². The molecule has 6 heteroatoms. The molecule has 23 heavy (non-hydrogen) atoms. The van der Waals surface area contributed by atoms with Gasteiger partial charge in [-0.2, -0.15) is 0 Å². The van der Waals surface area contributed by atoms with Crippen LogP contribution >= 0.6 is 0 Å². The molecule has 1 aliphatic heterocycles. The number of nitrogens with one attached hydrogen (secondary N) is 1. The molecular weight excluding hydrogens is 312 g/mol. The van der Waals surface area contributed by atoms with Gasteiger partial charge in [-0.15, -0.1) is 0 Å². The van der Waals surface area contributed by atoms with Gasteiger partial charge in [0.2, 0.25) is 10.0 Å². The molecule has 5 nitrogen and oxygen atoms in total. The van der Waals surface area contributed by atoms with E-state index in [9.17, 15) is 8.42 Å². The number of hydrogen-bond acceptors (Lipinski definition) is 4. The van der Waals surface area contributed by atoms with E-state index in [1.165, 1.54) is 17.5 Å². The predicted octanol–water partition coefficient (Wildman–Crippen LogP) is 1.56. The summed E-state index contributed by atoms with van der Waals surface area (Å²) in [6, 6.07) is 5.75. The normalized spacial score (nSPS) is 20.9. The molecule has 1 atom stereocenters. The van der Waals surface area contributed by atoms with Crippen molar-refractivity contribution in [2.45, 2.75) is 43.5 Å². The molecule has 0 aromatic heterocycles. The summed E-state index contributed by atoms with van der Waals surface area (Å²) < 4.78 is 33.2. The van der Waals surface area contributed by atoms with Crippen LogP contribution in [0, 0.1) is 0 Å². The quantitative estimate of drug-likeness (QED) is 0.885. The van der Waals surface area contributed by atoms with Gasteiger partial charge in [0, 0.05) is 25.7 Å². The Labute approximate surface area is 139 Å². The fourth-order valence-corrected chi connectivity index (χ4v) is 4.51. The summed E-state index contributed by atoms with van der Waals surface area (Å²) in [5, 5.41) is 0. The molecule has 1 N–H and O–H groups in total. The Balaban J connectivity index is 1.64. The van der Waals surface area contributed by atoms with Crippen molar-refractivity contribution in [3.05, 3.63) is 29.3 Å². The first-order valence-electron chi connectivity index (χ1n) is 8.49. The summed E-state index contributed by atoms with van der Waals surface area (Å²) in [5.41, 5.74) is 2.50. The lowest BCUT2D eigenvalue weighted by atomic mass is 9.92. The number of hydrogen-bond donors (Lipinski definition) is 1. The molecule has 0 amide bonds. The van der Waals surface area contributed by atoms with Crippen LogP contribution in [0.25, 0.3) is 0 Å². The number of rotatable bonds is 5. The second-order valence-electron chi connectivity index (χ2n) is 6.49. The van der Waals surface area contributed by atoms with Crippen molar-refractivity contribution < 1.29 is 13.2 Å². The van der Waals surface area contributed by atoms with Crippen molar-refractivity contribution in [1.82, 2.24) is 9.62 Å². The summed E-state index contributed by atoms with van der Waals surface area (Å²) in [7, 11) is -3.44. The third-order valence-electron chi connectivity index (χ3n) is 4.87. The topological polar surface area (TPSA) is 58.6 Å². The predicted molar refractivity (Wildman–Crippen MR) is 90.1 cm³/mol. The van der Waals surface area contributed by atoms with Crippen molar-refractivity contribution in [2.24, 2.45) is 0 Å². The first-order valence-corrected chi connectivity index (χ1v) is 9.98. The third-order valence-corrected chi connectivity index (χ3v) is 6.29. The summed E-state index contributed by atoms with van der Waals surface area (Å²) in [5.74, 6) is 0. The Kier molecular flexibility index (Phi) is 5.36. The first-order chi connectivity index (χ1) is 11.1. The van der Waals surface area contributed by atoms with E-state index in [-0.39, 0.29) is 6.04 Å². The van der Waals surface area contributed by atoms with Crippen LogP contribution in [0.3, 0.4) is 0 Å². The molecular formula is C17H26N2O3S. The second-order valence-corrected chi connectivity index (χ2v) is 8.25. The highest BCUT2D eigenvalue weighted by atomic mass is 32.2. The number of fused-ring (bicyclic) bond motifs is 1. The second kappa shape index (κ2) is 7.30. The molecule has 2 aliphatic rings. The van der Waals surface area contributed by atoms with Gasteiger partial charge in [-0.05, 0) is 55.9 Å². The van der Waals surface area contributed by atoms with Gasteiger partial charge in [-0.25, -0.2) is 13.1 Å². The van der Waals surface area contributed by atoms with E-state index in [4.69, 9.17) is 4.74 Å². The molecule has 0 saturated carbocycles. The van der Waals surface area contributed by atoms with Crippen LogP contribution in [0.2, 0.25) is 0 Å². The van der Waals surface area contributed by atoms with Crippen molar-refractivity contribution in [3.8, 4) is 0 Å². The lowest BCUT2D eigenvalue weighted by molar-refractivity contribution is 0.0213. The van der Waals surface area contributed by atoms with Crippen molar-refractivity contribution in [1.29, 1.82) is 0 Å². The Morgan fingerprint density at radius 1 is 1.17 bits per heavy atom. The molecule has 0 bridgehead atoms. The molecule has 0 radical (unpaired) electrons. The lowest BCUT2D eigenvalue weighted by Crippen LogP contribution is -2.47. The lowest BCUT2D eigenvalue weighted by Gasteiger charge is -2.32. The molecule has 128 valence electrons. The zero-order chi connectivity index (χ0) is 16.3. The molecule has 0 spiro atoms. The van der Waals surface area contributed by atoms with E-state index in [1.54, 1.807) is 6.07 Å². The van der Waals surface area contributed by atoms with E-state index >= 15 is 0 Å². The molecule has 1 saturated heterocycles.